The van der Waals surface area contributed by atoms with Gasteiger partial charge in [-0.2, -0.15) is 13.2 Å². The van der Waals surface area contributed by atoms with Crippen molar-refractivity contribution in [3.63, 3.8) is 0 Å². The maximum Gasteiger partial charge on any atom is 0.471 e. The average molecular weight is 1180 g/mol. The molecular formula is C49H58F3N9O22. The van der Waals surface area contributed by atoms with E-state index in [1.54, 1.807) is 5.32 Å². The molecule has 0 radical (unpaired) electrons. The predicted molar refractivity (Wildman–Crippen MR) is 270 cm³/mol. The summed E-state index contributed by atoms with van der Waals surface area (Å²) in [5, 5.41) is 93.6. The number of halogens is 3. The number of alkyl halides is 3. The van der Waals surface area contributed by atoms with Crippen molar-refractivity contribution >= 4 is 47.2 Å². The first-order valence-electron chi connectivity index (χ1n) is 25.1. The quantitative estimate of drug-likeness (QED) is 0.0364. The monoisotopic (exact) mass is 1180 g/mol. The molecule has 10 N–H and O–H groups in total. The average Bonchev–Trinajstić information content (AvgIpc) is 3.58. The topological polar surface area (TPSA) is 432 Å². The van der Waals surface area contributed by atoms with E-state index in [2.05, 4.69) is 26.6 Å². The van der Waals surface area contributed by atoms with Crippen molar-refractivity contribution in [3.8, 4) is 0 Å². The van der Waals surface area contributed by atoms with Gasteiger partial charge >= 0.3 is 30.4 Å². The van der Waals surface area contributed by atoms with Crippen molar-refractivity contribution in [1.29, 1.82) is 0 Å². The summed E-state index contributed by atoms with van der Waals surface area (Å²) >= 11 is 0. The number of ether oxygens (including phenoxy) is 7. The number of carbonyl (C=O) groups is 5. The van der Waals surface area contributed by atoms with Crippen LogP contribution in [0.3, 0.4) is 0 Å². The molecule has 3 aliphatic rings. The molecule has 0 aromatic heterocycles. The Morgan fingerprint density at radius 3 is 1.63 bits per heavy atom. The number of alkyl carbamates (subject to hydrolysis) is 3. The van der Waals surface area contributed by atoms with Gasteiger partial charge in [0.25, 0.3) is 17.1 Å². The third kappa shape index (κ3) is 18.1. The number of likely N-dealkylation sites (N-methyl/N-ethyl adjacent to an activating group) is 1. The van der Waals surface area contributed by atoms with Crippen LogP contribution in [0.15, 0.2) is 84.6 Å². The molecule has 0 bridgehead atoms. The molecule has 2 fully saturated rings. The van der Waals surface area contributed by atoms with Crippen LogP contribution in [-0.2, 0) is 62.6 Å². The number of aliphatic hydroxyl groups excluding tert-OH is 3. The lowest BCUT2D eigenvalue weighted by Gasteiger charge is -2.49. The van der Waals surface area contributed by atoms with Crippen molar-refractivity contribution in [3.05, 3.63) is 132 Å². The van der Waals surface area contributed by atoms with Gasteiger partial charge in [-0.15, -0.1) is 0 Å². The van der Waals surface area contributed by atoms with Crippen LogP contribution in [0.1, 0.15) is 42.9 Å². The van der Waals surface area contributed by atoms with Gasteiger partial charge in [-0.05, 0) is 92.4 Å². The lowest BCUT2D eigenvalue weighted by molar-refractivity contribution is -0.385. The van der Waals surface area contributed by atoms with Gasteiger partial charge in [0.1, 0.15) is 61.7 Å². The minimum atomic E-state index is -5.33. The molecule has 6 rings (SSSR count). The Labute approximate surface area is 467 Å². The van der Waals surface area contributed by atoms with Gasteiger partial charge in [0.05, 0.1) is 52.1 Å². The summed E-state index contributed by atoms with van der Waals surface area (Å²) in [4.78, 5) is 96.6. The first kappa shape index (κ1) is 63.8. The number of carbonyl (C=O) groups excluding carboxylic acids is 5. The number of nitro benzene ring substituents is 3. The number of rotatable bonds is 23. The highest BCUT2D eigenvalue weighted by molar-refractivity contribution is 5.82. The molecule has 1 saturated carbocycles. The summed E-state index contributed by atoms with van der Waals surface area (Å²) in [5.41, 5.74) is -1.51. The van der Waals surface area contributed by atoms with Gasteiger partial charge in [-0.1, -0.05) is 0 Å². The Morgan fingerprint density at radius 2 is 1.16 bits per heavy atom. The van der Waals surface area contributed by atoms with Crippen LogP contribution in [0.5, 0.6) is 0 Å². The minimum absolute atomic E-state index is 0.201. The highest BCUT2D eigenvalue weighted by Crippen LogP contribution is 2.34. The second-order valence-electron chi connectivity index (χ2n) is 19.1. The van der Waals surface area contributed by atoms with Gasteiger partial charge in [0.2, 0.25) is 12.2 Å². The number of nitro groups is 3. The van der Waals surface area contributed by atoms with Gasteiger partial charge in [-0.3, -0.25) is 39.9 Å². The Balaban J connectivity index is 1.27. The number of aliphatic hydroxyl groups is 4. The molecule has 34 heteroatoms. The summed E-state index contributed by atoms with van der Waals surface area (Å²) in [6, 6.07) is 9.15. The zero-order chi connectivity index (χ0) is 60.8. The molecule has 31 nitrogen and oxygen atoms in total. The Morgan fingerprint density at radius 1 is 0.699 bits per heavy atom. The molecule has 2 aliphatic heterocycles. The van der Waals surface area contributed by atoms with E-state index < -0.39 is 163 Å². The molecular weight excluding hydrogens is 1120 g/mol. The molecule has 0 spiro atoms. The summed E-state index contributed by atoms with van der Waals surface area (Å²) in [5.74, 6) is -3.90. The van der Waals surface area contributed by atoms with Crippen LogP contribution in [0.4, 0.5) is 44.6 Å². The molecule has 2 heterocycles. The fraction of sp³-hybridized carbons (Fsp3) is 0.490. The number of nitrogens with zero attached hydrogens (tertiary/aromatic N) is 3. The van der Waals surface area contributed by atoms with Crippen molar-refractivity contribution in [2.24, 2.45) is 0 Å². The lowest BCUT2D eigenvalue weighted by Crippen LogP contribution is -2.70. The predicted octanol–water partition coefficient (Wildman–Crippen LogP) is 1.36. The van der Waals surface area contributed by atoms with E-state index in [0.29, 0.717) is 11.1 Å². The maximum atomic E-state index is 13.9. The van der Waals surface area contributed by atoms with Crippen molar-refractivity contribution < 1.29 is 105 Å². The van der Waals surface area contributed by atoms with Crippen molar-refractivity contribution in [2.45, 2.75) is 125 Å². The van der Waals surface area contributed by atoms with Crippen molar-refractivity contribution in [1.82, 2.24) is 31.9 Å². The largest absolute Gasteiger partial charge is 0.471 e. The van der Waals surface area contributed by atoms with Gasteiger partial charge in [0, 0.05) is 42.9 Å². The molecule has 3 aromatic rings. The van der Waals surface area contributed by atoms with Crippen LogP contribution < -0.4 is 31.9 Å². The van der Waals surface area contributed by atoms with E-state index in [-0.39, 0.29) is 48.0 Å². The van der Waals surface area contributed by atoms with Crippen LogP contribution in [-0.4, -0.2) is 171 Å². The normalized spacial score (nSPS) is 25.4. The lowest BCUT2D eigenvalue weighted by atomic mass is 9.82. The van der Waals surface area contributed by atoms with Crippen LogP contribution in [0.25, 0.3) is 0 Å². The Hall–Kier alpha value is -8.38. The van der Waals surface area contributed by atoms with E-state index in [1.165, 1.54) is 68.6 Å². The third-order valence-corrected chi connectivity index (χ3v) is 13.0. The highest BCUT2D eigenvalue weighted by atomic mass is 19.4. The number of benzene rings is 3. The number of amides is 5. The molecule has 1 aliphatic carbocycles. The minimum Gasteiger partial charge on any atom is -0.465 e. The Kier molecular flexibility index (Phi) is 21.9. The number of nitrogens with one attached hydrogen (secondary N) is 6. The van der Waals surface area contributed by atoms with Gasteiger partial charge < -0.3 is 85.5 Å². The molecule has 5 amide bonds. The SMILES string of the molecule is CN[C@@H]1[C@@H](O)[C@@H](O[C@@H]2[C@@H](O)[C@H](O[C@H]3OC(CNC(=O)C(F)(F)F)=CC[C@H]3NC(=O)OCc3ccc([N+](=O)[O-])cc3)[C@@H](NC(=O)OCc3ccc([N+](=O)[O-])cc3)C[C@H]2NC(=O)[C@@H](O)CCNC(=O)OCc2ccc([N+](=O)[O-])cc2)OC[C@]1(C)O. The van der Waals surface area contributed by atoms with Gasteiger partial charge in [-0.25, -0.2) is 14.4 Å². The first-order valence-corrected chi connectivity index (χ1v) is 25.1. The molecule has 83 heavy (non-hydrogen) atoms. The van der Waals surface area contributed by atoms with Gasteiger partial charge in [0.15, 0.2) is 6.29 Å². The summed E-state index contributed by atoms with van der Waals surface area (Å²) in [7, 11) is 1.40. The molecule has 3 aromatic carbocycles. The summed E-state index contributed by atoms with van der Waals surface area (Å²) in [6.45, 7) is -1.71. The van der Waals surface area contributed by atoms with Crippen LogP contribution in [0.2, 0.25) is 0 Å². The summed E-state index contributed by atoms with van der Waals surface area (Å²) < 4.78 is 79.7. The third-order valence-electron chi connectivity index (χ3n) is 13.0. The Bertz CT molecular complexity index is 2820. The zero-order valence-corrected chi connectivity index (χ0v) is 43.8. The van der Waals surface area contributed by atoms with Crippen LogP contribution in [0, 0.1) is 30.3 Å². The fourth-order valence-corrected chi connectivity index (χ4v) is 8.74. The fourth-order valence-electron chi connectivity index (χ4n) is 8.74. The van der Waals surface area contributed by atoms with E-state index in [0.717, 1.165) is 24.3 Å². The number of hydrogen-bond acceptors (Lipinski definition) is 23. The standard InChI is InChI=1S/C49H58F3N9O22/c1-48(70)24-80-43(37(64)40(48)53-2)83-38-33(56-41(65)35(62)17-18-54-45(67)77-21-25-3-9-28(10-4-25)59(71)72)19-34(58-47(69)79-23-27-7-13-30(14-8-27)61(75)76)39(36(38)63)82-42-32(16-15-31(81-42)20-55-44(66)49(50,51)52)57-46(68)78-22-26-5-11-29(12-6-26)60(73)74/h3-15,32-40,42-43,53,62-64,70H,16-24H2,1-2H3,(H,54,67)(H,55,66)(H,56,65)(H,57,68)(H,58,69)/t32-,33-,34+,35+,36-,37-,38+,39-,40-,42-,43-,48+/m1/s1. The smallest absolute Gasteiger partial charge is 0.465 e. The molecule has 1 saturated heterocycles. The van der Waals surface area contributed by atoms with E-state index in [1.807, 2.05) is 0 Å². The van der Waals surface area contributed by atoms with Crippen molar-refractivity contribution in [2.75, 3.05) is 26.7 Å². The number of non-ortho nitro benzene ring substituents is 3. The molecule has 0 unspecified atom stereocenters. The van der Waals surface area contributed by atoms with E-state index >= 15 is 0 Å². The second kappa shape index (κ2) is 28.5. The summed E-state index contributed by atoms with van der Waals surface area (Å²) in [6.07, 6.45) is -22.2. The second-order valence-corrected chi connectivity index (χ2v) is 19.1. The molecule has 12 atom stereocenters. The van der Waals surface area contributed by atoms with E-state index in [4.69, 9.17) is 33.2 Å². The first-order chi connectivity index (χ1) is 39.2. The van der Waals surface area contributed by atoms with Crippen LogP contribution >= 0.6 is 0 Å². The number of hydrogen-bond donors (Lipinski definition) is 10. The maximum absolute atomic E-state index is 13.9. The van der Waals surface area contributed by atoms with E-state index in [9.17, 15) is 87.9 Å². The molecule has 452 valence electrons. The highest BCUT2D eigenvalue weighted by Gasteiger charge is 2.53. The zero-order valence-electron chi connectivity index (χ0n) is 43.8.